The normalized spacial score (nSPS) is 14.3. The number of nitrogens with zero attached hydrogens (tertiary/aromatic N) is 1. The maximum absolute atomic E-state index is 10.5. The van der Waals surface area contributed by atoms with Crippen LogP contribution in [0.25, 0.3) is 0 Å². The maximum Gasteiger partial charge on any atom is 0.0909 e. The molecule has 1 aromatic carbocycles. The van der Waals surface area contributed by atoms with E-state index in [2.05, 4.69) is 20.9 Å². The number of aromatic nitrogens is 1. The topological polar surface area (TPSA) is 33.1 Å². The van der Waals surface area contributed by atoms with Crippen molar-refractivity contribution < 1.29 is 5.11 Å². The molecule has 1 unspecified atom stereocenters. The summed E-state index contributed by atoms with van der Waals surface area (Å²) in [7, 11) is 0. The highest BCUT2D eigenvalue weighted by molar-refractivity contribution is 9.10. The van der Waals surface area contributed by atoms with E-state index in [0.29, 0.717) is 6.42 Å². The molecule has 0 amide bonds. The molecule has 2 aromatic rings. The Kier molecular flexibility index (Phi) is 3.60. The van der Waals surface area contributed by atoms with Gasteiger partial charge in [-0.15, -0.1) is 0 Å². The summed E-state index contributed by atoms with van der Waals surface area (Å²) >= 11 is 3.38. The number of hydrogen-bond acceptors (Lipinski definition) is 2. The number of pyridine rings is 1. The van der Waals surface area contributed by atoms with Gasteiger partial charge in [-0.3, -0.25) is 4.98 Å². The molecule has 0 fully saturated rings. The Labute approximate surface area is 109 Å². The minimum absolute atomic E-state index is 0.545. The Bertz CT molecular complexity index is 497. The average molecular weight is 292 g/mol. The highest BCUT2D eigenvalue weighted by atomic mass is 79.9. The van der Waals surface area contributed by atoms with Crippen LogP contribution in [0.5, 0.6) is 0 Å². The van der Waals surface area contributed by atoms with Gasteiger partial charge in [-0.1, -0.05) is 30.3 Å². The zero-order chi connectivity index (χ0) is 12.3. The van der Waals surface area contributed by atoms with E-state index in [9.17, 15) is 5.11 Å². The van der Waals surface area contributed by atoms with E-state index in [1.807, 2.05) is 43.3 Å². The van der Waals surface area contributed by atoms with Crippen molar-refractivity contribution >= 4 is 15.9 Å². The molecule has 1 atom stereocenters. The summed E-state index contributed by atoms with van der Waals surface area (Å²) in [5, 5.41) is 10.5. The first-order valence-corrected chi connectivity index (χ1v) is 6.24. The van der Waals surface area contributed by atoms with Gasteiger partial charge in [-0.25, -0.2) is 0 Å². The molecule has 17 heavy (non-hydrogen) atoms. The number of aliphatic hydroxyl groups is 1. The van der Waals surface area contributed by atoms with Crippen molar-refractivity contribution in [2.24, 2.45) is 0 Å². The number of hydrogen-bond donors (Lipinski definition) is 1. The van der Waals surface area contributed by atoms with Crippen LogP contribution >= 0.6 is 15.9 Å². The molecule has 1 aromatic heterocycles. The molecule has 3 heteroatoms. The lowest BCUT2D eigenvalue weighted by atomic mass is 9.90. The van der Waals surface area contributed by atoms with Gasteiger partial charge in [0.2, 0.25) is 0 Å². The van der Waals surface area contributed by atoms with Gasteiger partial charge in [0.05, 0.1) is 5.60 Å². The molecule has 2 rings (SSSR count). The Morgan fingerprint density at radius 2 is 1.94 bits per heavy atom. The van der Waals surface area contributed by atoms with Gasteiger partial charge < -0.3 is 5.11 Å². The summed E-state index contributed by atoms with van der Waals surface area (Å²) in [6.45, 7) is 1.82. The average Bonchev–Trinajstić information content (AvgIpc) is 2.29. The zero-order valence-corrected chi connectivity index (χ0v) is 11.2. The fourth-order valence-electron chi connectivity index (χ4n) is 1.85. The Morgan fingerprint density at radius 1 is 1.24 bits per heavy atom. The third-order valence-electron chi connectivity index (χ3n) is 2.71. The lowest BCUT2D eigenvalue weighted by Gasteiger charge is -2.23. The largest absolute Gasteiger partial charge is 0.385 e. The Hall–Kier alpha value is -1.19. The third kappa shape index (κ3) is 3.14. The highest BCUT2D eigenvalue weighted by Crippen LogP contribution is 2.25. The quantitative estimate of drug-likeness (QED) is 0.941. The first-order chi connectivity index (χ1) is 8.08. The van der Waals surface area contributed by atoms with Gasteiger partial charge in [0.1, 0.15) is 0 Å². The van der Waals surface area contributed by atoms with Crippen molar-refractivity contribution in [2.45, 2.75) is 18.9 Å². The monoisotopic (exact) mass is 291 g/mol. The molecule has 0 saturated carbocycles. The van der Waals surface area contributed by atoms with Crippen molar-refractivity contribution in [1.29, 1.82) is 0 Å². The molecule has 0 saturated heterocycles. The number of rotatable bonds is 3. The van der Waals surface area contributed by atoms with Gasteiger partial charge in [0.15, 0.2) is 0 Å². The second-order valence-corrected chi connectivity index (χ2v) is 5.24. The SMILES string of the molecule is CC(O)(Cc1cncc(Br)c1)c1ccccc1. The smallest absolute Gasteiger partial charge is 0.0909 e. The van der Waals surface area contributed by atoms with Crippen LogP contribution < -0.4 is 0 Å². The summed E-state index contributed by atoms with van der Waals surface area (Å²) in [5.74, 6) is 0. The van der Waals surface area contributed by atoms with Gasteiger partial charge >= 0.3 is 0 Å². The maximum atomic E-state index is 10.5. The van der Waals surface area contributed by atoms with Crippen molar-refractivity contribution in [3.05, 3.63) is 64.4 Å². The van der Waals surface area contributed by atoms with Crippen LogP contribution in [0.15, 0.2) is 53.3 Å². The third-order valence-corrected chi connectivity index (χ3v) is 3.14. The summed E-state index contributed by atoms with van der Waals surface area (Å²) in [4.78, 5) is 4.10. The molecule has 1 heterocycles. The minimum Gasteiger partial charge on any atom is -0.385 e. The van der Waals surface area contributed by atoms with Crippen molar-refractivity contribution in [3.8, 4) is 0 Å². The molecule has 0 spiro atoms. The molecule has 2 nitrogen and oxygen atoms in total. The summed E-state index contributed by atoms with van der Waals surface area (Å²) in [6.07, 6.45) is 4.06. The van der Waals surface area contributed by atoms with Gasteiger partial charge in [-0.05, 0) is 40.0 Å². The zero-order valence-electron chi connectivity index (χ0n) is 9.60. The van der Waals surface area contributed by atoms with E-state index >= 15 is 0 Å². The van der Waals surface area contributed by atoms with Crippen molar-refractivity contribution in [1.82, 2.24) is 4.98 Å². The van der Waals surface area contributed by atoms with E-state index in [-0.39, 0.29) is 0 Å². The Balaban J connectivity index is 2.23. The predicted octanol–water partition coefficient (Wildman–Crippen LogP) is 3.29. The van der Waals surface area contributed by atoms with Crippen molar-refractivity contribution in [2.75, 3.05) is 0 Å². The first-order valence-electron chi connectivity index (χ1n) is 5.45. The second kappa shape index (κ2) is 4.98. The molecule has 0 bridgehead atoms. The van der Waals surface area contributed by atoms with Crippen LogP contribution in [-0.2, 0) is 12.0 Å². The second-order valence-electron chi connectivity index (χ2n) is 4.33. The molecule has 0 radical (unpaired) electrons. The van der Waals surface area contributed by atoms with Crippen molar-refractivity contribution in [3.63, 3.8) is 0 Å². The fourth-order valence-corrected chi connectivity index (χ4v) is 2.26. The highest BCUT2D eigenvalue weighted by Gasteiger charge is 2.23. The van der Waals surface area contributed by atoms with Crippen LogP contribution in [-0.4, -0.2) is 10.1 Å². The number of benzene rings is 1. The lowest BCUT2D eigenvalue weighted by molar-refractivity contribution is 0.0575. The standard InChI is InChI=1S/C14H14BrNO/c1-14(17,12-5-3-2-4-6-12)8-11-7-13(15)10-16-9-11/h2-7,9-10,17H,8H2,1H3. The van der Waals surface area contributed by atoms with E-state index in [0.717, 1.165) is 15.6 Å². The minimum atomic E-state index is -0.871. The van der Waals surface area contributed by atoms with E-state index in [1.54, 1.807) is 12.4 Å². The molecule has 1 N–H and O–H groups in total. The van der Waals surface area contributed by atoms with Crippen LogP contribution in [0.3, 0.4) is 0 Å². The lowest BCUT2D eigenvalue weighted by Crippen LogP contribution is -2.24. The summed E-state index contributed by atoms with van der Waals surface area (Å²) in [5.41, 5.74) is 1.05. The van der Waals surface area contributed by atoms with E-state index < -0.39 is 5.60 Å². The molecule has 88 valence electrons. The fraction of sp³-hybridized carbons (Fsp3) is 0.214. The van der Waals surface area contributed by atoms with Gasteiger partial charge in [-0.2, -0.15) is 0 Å². The molecular formula is C14H14BrNO. The summed E-state index contributed by atoms with van der Waals surface area (Å²) < 4.78 is 0.930. The van der Waals surface area contributed by atoms with Crippen LogP contribution in [0.2, 0.25) is 0 Å². The first kappa shape index (κ1) is 12.3. The number of halogens is 1. The molecular weight excluding hydrogens is 278 g/mol. The predicted molar refractivity (Wildman–Crippen MR) is 71.7 cm³/mol. The summed E-state index contributed by atoms with van der Waals surface area (Å²) in [6, 6.07) is 11.7. The van der Waals surface area contributed by atoms with Crippen LogP contribution in [0.4, 0.5) is 0 Å². The van der Waals surface area contributed by atoms with E-state index in [4.69, 9.17) is 0 Å². The molecule has 0 aliphatic carbocycles. The van der Waals surface area contributed by atoms with Gasteiger partial charge in [0.25, 0.3) is 0 Å². The van der Waals surface area contributed by atoms with Crippen LogP contribution in [0.1, 0.15) is 18.1 Å². The molecule has 0 aliphatic rings. The van der Waals surface area contributed by atoms with Gasteiger partial charge in [0, 0.05) is 23.3 Å². The van der Waals surface area contributed by atoms with Crippen LogP contribution in [0, 0.1) is 0 Å². The van der Waals surface area contributed by atoms with E-state index in [1.165, 1.54) is 0 Å². The Morgan fingerprint density at radius 3 is 2.59 bits per heavy atom. The molecule has 0 aliphatic heterocycles.